The van der Waals surface area contributed by atoms with Gasteiger partial charge in [0.05, 0.1) is 12.0 Å². The van der Waals surface area contributed by atoms with Crippen molar-refractivity contribution in [1.29, 1.82) is 0 Å². The van der Waals surface area contributed by atoms with Crippen LogP contribution in [0.25, 0.3) is 0 Å². The van der Waals surface area contributed by atoms with Crippen LogP contribution in [0, 0.1) is 0 Å². The fourth-order valence-corrected chi connectivity index (χ4v) is 2.39. The molecule has 0 bridgehead atoms. The monoisotopic (exact) mass is 243 g/mol. The van der Waals surface area contributed by atoms with Crippen LogP contribution in [0.2, 0.25) is 0 Å². The van der Waals surface area contributed by atoms with Crippen LogP contribution in [0.4, 0.5) is 0 Å². The number of ketones is 4. The highest BCUT2D eigenvalue weighted by Gasteiger charge is 2.34. The predicted octanol–water partition coefficient (Wildman–Crippen LogP) is 0.939. The molecule has 0 aliphatic heterocycles. The number of carbonyl (C=O) groups excluding carboxylic acids is 4. The van der Waals surface area contributed by atoms with E-state index in [1.165, 1.54) is 6.07 Å². The SMILES string of the molecule is O=C1CC(=O)c2nc3c(cc2C1=O)CCCC3=O. The van der Waals surface area contributed by atoms with E-state index in [4.69, 9.17) is 0 Å². The van der Waals surface area contributed by atoms with Crippen LogP contribution in [-0.2, 0) is 11.2 Å². The number of aromatic nitrogens is 1. The first-order valence-electron chi connectivity index (χ1n) is 5.76. The molecule has 0 amide bonds. The number of aryl methyl sites for hydroxylation is 1. The summed E-state index contributed by atoms with van der Waals surface area (Å²) in [4.78, 5) is 50.5. The molecule has 0 N–H and O–H groups in total. The van der Waals surface area contributed by atoms with Crippen LogP contribution in [-0.4, -0.2) is 28.1 Å². The van der Waals surface area contributed by atoms with Gasteiger partial charge in [-0.3, -0.25) is 19.2 Å². The van der Waals surface area contributed by atoms with Crippen LogP contribution in [0.1, 0.15) is 56.2 Å². The summed E-state index contributed by atoms with van der Waals surface area (Å²) in [6, 6.07) is 1.49. The highest BCUT2D eigenvalue weighted by atomic mass is 16.2. The van der Waals surface area contributed by atoms with Gasteiger partial charge in [-0.15, -0.1) is 0 Å². The Morgan fingerprint density at radius 1 is 0.889 bits per heavy atom. The highest BCUT2D eigenvalue weighted by Crippen LogP contribution is 2.25. The molecular weight excluding hydrogens is 234 g/mol. The van der Waals surface area contributed by atoms with Crippen LogP contribution in [0.3, 0.4) is 0 Å². The van der Waals surface area contributed by atoms with E-state index in [2.05, 4.69) is 4.98 Å². The Morgan fingerprint density at radius 3 is 2.44 bits per heavy atom. The fraction of sp³-hybridized carbons (Fsp3) is 0.308. The molecule has 0 radical (unpaired) electrons. The van der Waals surface area contributed by atoms with E-state index < -0.39 is 23.8 Å². The molecule has 0 fully saturated rings. The van der Waals surface area contributed by atoms with Gasteiger partial charge in [0.1, 0.15) is 11.4 Å². The average Bonchev–Trinajstić information content (AvgIpc) is 2.35. The standard InChI is InChI=1S/C13H9NO4/c15-8-3-1-2-6-4-7-12(14-11(6)8)9(16)5-10(17)13(7)18/h4H,1-3,5H2. The average molecular weight is 243 g/mol. The molecule has 0 saturated carbocycles. The van der Waals surface area contributed by atoms with Crippen molar-refractivity contribution in [2.45, 2.75) is 25.7 Å². The van der Waals surface area contributed by atoms with Gasteiger partial charge in [-0.2, -0.15) is 0 Å². The van der Waals surface area contributed by atoms with Crippen LogP contribution >= 0.6 is 0 Å². The number of rotatable bonds is 0. The van der Waals surface area contributed by atoms with E-state index in [0.717, 1.165) is 0 Å². The van der Waals surface area contributed by atoms with Gasteiger partial charge in [-0.05, 0) is 24.5 Å². The summed E-state index contributed by atoms with van der Waals surface area (Å²) in [7, 11) is 0. The maximum Gasteiger partial charge on any atom is 0.231 e. The largest absolute Gasteiger partial charge is 0.292 e. The molecule has 5 nitrogen and oxygen atoms in total. The van der Waals surface area contributed by atoms with Gasteiger partial charge >= 0.3 is 0 Å². The van der Waals surface area contributed by atoms with Crippen molar-refractivity contribution in [2.75, 3.05) is 0 Å². The van der Waals surface area contributed by atoms with Gasteiger partial charge < -0.3 is 0 Å². The molecule has 0 unspecified atom stereocenters. The fourth-order valence-electron chi connectivity index (χ4n) is 2.39. The molecule has 1 heterocycles. The molecule has 1 aromatic heterocycles. The Morgan fingerprint density at radius 2 is 1.67 bits per heavy atom. The Bertz CT molecular complexity index is 630. The lowest BCUT2D eigenvalue weighted by Gasteiger charge is -2.18. The number of Topliss-reactive ketones (excluding diaryl/α,β-unsaturated/α-hetero) is 4. The molecular formula is C13H9NO4. The van der Waals surface area contributed by atoms with E-state index in [-0.39, 0.29) is 22.7 Å². The third kappa shape index (κ3) is 1.44. The third-order valence-corrected chi connectivity index (χ3v) is 3.30. The number of hydrogen-bond acceptors (Lipinski definition) is 5. The van der Waals surface area contributed by atoms with Gasteiger partial charge in [0.15, 0.2) is 11.6 Å². The number of hydrogen-bond donors (Lipinski definition) is 0. The minimum atomic E-state index is -0.698. The second kappa shape index (κ2) is 3.66. The lowest BCUT2D eigenvalue weighted by Crippen LogP contribution is -2.30. The summed E-state index contributed by atoms with van der Waals surface area (Å²) in [5.41, 5.74) is 0.995. The zero-order valence-corrected chi connectivity index (χ0v) is 9.49. The summed E-state index contributed by atoms with van der Waals surface area (Å²) < 4.78 is 0. The molecule has 1 aromatic rings. The highest BCUT2D eigenvalue weighted by molar-refractivity contribution is 6.50. The Labute approximate surface area is 102 Å². The minimum Gasteiger partial charge on any atom is -0.292 e. The number of fused-ring (bicyclic) bond motifs is 2. The van der Waals surface area contributed by atoms with Gasteiger partial charge in [-0.25, -0.2) is 4.98 Å². The Balaban J connectivity index is 2.25. The first-order chi connectivity index (χ1) is 8.58. The van der Waals surface area contributed by atoms with E-state index in [1.54, 1.807) is 0 Å². The maximum atomic E-state index is 11.7. The minimum absolute atomic E-state index is 0.0198. The summed E-state index contributed by atoms with van der Waals surface area (Å²) >= 11 is 0. The molecule has 5 heteroatoms. The summed E-state index contributed by atoms with van der Waals surface area (Å²) in [6.07, 6.45) is 1.34. The first-order valence-corrected chi connectivity index (χ1v) is 5.76. The smallest absolute Gasteiger partial charge is 0.231 e. The van der Waals surface area contributed by atoms with Crippen molar-refractivity contribution < 1.29 is 19.2 Å². The number of nitrogens with zero attached hydrogens (tertiary/aromatic N) is 1. The molecule has 3 rings (SSSR count). The third-order valence-electron chi connectivity index (χ3n) is 3.30. The topological polar surface area (TPSA) is 81.2 Å². The van der Waals surface area contributed by atoms with Crippen molar-refractivity contribution in [3.05, 3.63) is 28.6 Å². The van der Waals surface area contributed by atoms with E-state index in [9.17, 15) is 19.2 Å². The zero-order valence-electron chi connectivity index (χ0n) is 9.49. The molecule has 0 spiro atoms. The van der Waals surface area contributed by atoms with Gasteiger partial charge in [0.25, 0.3) is 0 Å². The van der Waals surface area contributed by atoms with Gasteiger partial charge in [-0.1, -0.05) is 0 Å². The zero-order chi connectivity index (χ0) is 12.9. The van der Waals surface area contributed by atoms with Crippen LogP contribution in [0.5, 0.6) is 0 Å². The first kappa shape index (κ1) is 11.0. The molecule has 18 heavy (non-hydrogen) atoms. The Hall–Kier alpha value is -2.17. The molecule has 2 aliphatic carbocycles. The lowest BCUT2D eigenvalue weighted by atomic mass is 9.87. The lowest BCUT2D eigenvalue weighted by molar-refractivity contribution is -0.114. The summed E-state index contributed by atoms with van der Waals surface area (Å²) in [5.74, 6) is -1.94. The summed E-state index contributed by atoms with van der Waals surface area (Å²) in [6.45, 7) is 0. The van der Waals surface area contributed by atoms with Crippen LogP contribution < -0.4 is 0 Å². The summed E-state index contributed by atoms with van der Waals surface area (Å²) in [5, 5.41) is 0. The van der Waals surface area contributed by atoms with Gasteiger partial charge in [0, 0.05) is 6.42 Å². The molecule has 2 aliphatic rings. The number of carbonyl (C=O) groups is 4. The second-order valence-corrected chi connectivity index (χ2v) is 4.52. The number of pyridine rings is 1. The van der Waals surface area contributed by atoms with E-state index in [0.29, 0.717) is 24.8 Å². The van der Waals surface area contributed by atoms with Crippen LogP contribution in [0.15, 0.2) is 6.07 Å². The van der Waals surface area contributed by atoms with E-state index in [1.807, 2.05) is 0 Å². The van der Waals surface area contributed by atoms with Crippen molar-refractivity contribution in [2.24, 2.45) is 0 Å². The van der Waals surface area contributed by atoms with Gasteiger partial charge in [0.2, 0.25) is 11.6 Å². The Kier molecular flexibility index (Phi) is 2.23. The van der Waals surface area contributed by atoms with Crippen molar-refractivity contribution >= 4 is 23.1 Å². The van der Waals surface area contributed by atoms with Crippen molar-refractivity contribution in [1.82, 2.24) is 4.98 Å². The molecule has 0 atom stereocenters. The maximum absolute atomic E-state index is 11.7. The predicted molar refractivity (Wildman–Crippen MR) is 59.8 cm³/mol. The normalized spacial score (nSPS) is 18.7. The molecule has 0 saturated heterocycles. The van der Waals surface area contributed by atoms with E-state index >= 15 is 0 Å². The quantitative estimate of drug-likeness (QED) is 0.500. The van der Waals surface area contributed by atoms with Crippen molar-refractivity contribution in [3.63, 3.8) is 0 Å². The second-order valence-electron chi connectivity index (χ2n) is 4.52. The molecule has 90 valence electrons. The molecule has 0 aromatic carbocycles. The van der Waals surface area contributed by atoms with Crippen molar-refractivity contribution in [3.8, 4) is 0 Å².